The summed E-state index contributed by atoms with van der Waals surface area (Å²) in [5, 5.41) is 3.02. The first kappa shape index (κ1) is 22.6. The van der Waals surface area contributed by atoms with E-state index in [1.807, 2.05) is 0 Å². The fourth-order valence-electron chi connectivity index (χ4n) is 3.03. The Morgan fingerprint density at radius 1 is 1.23 bits per heavy atom. The van der Waals surface area contributed by atoms with Crippen LogP contribution in [0, 0.1) is 0 Å². The van der Waals surface area contributed by atoms with Gasteiger partial charge < -0.3 is 14.6 Å². The van der Waals surface area contributed by atoms with E-state index in [2.05, 4.69) is 15.3 Å². The second-order valence-electron chi connectivity index (χ2n) is 6.79. The number of halogens is 1. The number of hydrogen-bond donors (Lipinski definition) is 1. The second kappa shape index (κ2) is 9.82. The molecule has 31 heavy (non-hydrogen) atoms. The minimum Gasteiger partial charge on any atom is -0.463 e. The van der Waals surface area contributed by atoms with Crippen LogP contribution in [-0.4, -0.2) is 70.6 Å². The Morgan fingerprint density at radius 2 is 2.06 bits per heavy atom. The monoisotopic (exact) mass is 461 g/mol. The molecule has 1 saturated heterocycles. The minimum absolute atomic E-state index is 0. The van der Waals surface area contributed by atoms with E-state index >= 15 is 0 Å². The SMILES string of the molecule is CN1CCN(CC(=O)Nc2nc(-c3ccco3)c(C(=O)c3ccccn3)s2)CC1=O.Cl. The van der Waals surface area contributed by atoms with Gasteiger partial charge in [0, 0.05) is 26.3 Å². The molecule has 0 saturated carbocycles. The fraction of sp³-hybridized carbons (Fsp3) is 0.250. The number of carbonyl (C=O) groups excluding carboxylic acids is 3. The van der Waals surface area contributed by atoms with Gasteiger partial charge in [-0.1, -0.05) is 17.4 Å². The molecule has 1 fully saturated rings. The molecule has 2 amide bonds. The van der Waals surface area contributed by atoms with Gasteiger partial charge in [-0.2, -0.15) is 0 Å². The molecule has 0 radical (unpaired) electrons. The van der Waals surface area contributed by atoms with Crippen LogP contribution in [0.1, 0.15) is 15.4 Å². The van der Waals surface area contributed by atoms with Crippen molar-refractivity contribution in [2.45, 2.75) is 0 Å². The van der Waals surface area contributed by atoms with Crippen LogP contribution in [-0.2, 0) is 9.59 Å². The highest BCUT2D eigenvalue weighted by atomic mass is 35.5. The molecule has 4 heterocycles. The number of likely N-dealkylation sites (N-methyl/N-ethyl adjacent to an activating group) is 1. The van der Waals surface area contributed by atoms with Crippen LogP contribution in [0.25, 0.3) is 11.5 Å². The lowest BCUT2D eigenvalue weighted by Crippen LogP contribution is -2.50. The maximum atomic E-state index is 12.9. The minimum atomic E-state index is -0.302. The number of carbonyl (C=O) groups is 3. The molecule has 1 aliphatic heterocycles. The summed E-state index contributed by atoms with van der Waals surface area (Å²) >= 11 is 1.07. The standard InChI is InChI=1S/C20H19N5O4S.ClH/c1-24-8-9-25(12-16(24)27)11-15(26)22-20-23-17(14-6-4-10-29-14)19(30-20)18(28)13-5-2-3-7-21-13;/h2-7,10H,8-9,11-12H2,1H3,(H,22,23,26);1H. The van der Waals surface area contributed by atoms with Gasteiger partial charge in [-0.05, 0) is 24.3 Å². The number of pyridine rings is 1. The molecule has 3 aromatic heterocycles. The molecule has 9 nitrogen and oxygen atoms in total. The summed E-state index contributed by atoms with van der Waals surface area (Å²) in [5.74, 6) is -0.198. The zero-order valence-electron chi connectivity index (χ0n) is 16.6. The van der Waals surface area contributed by atoms with E-state index < -0.39 is 0 Å². The number of anilines is 1. The number of ketones is 1. The number of piperazine rings is 1. The number of nitrogens with zero attached hydrogens (tertiary/aromatic N) is 4. The maximum Gasteiger partial charge on any atom is 0.240 e. The number of amides is 2. The van der Waals surface area contributed by atoms with Crippen molar-refractivity contribution in [1.82, 2.24) is 19.8 Å². The Bertz CT molecular complexity index is 1070. The Labute approximate surface area is 188 Å². The number of thiazole rings is 1. The predicted molar refractivity (Wildman–Crippen MR) is 117 cm³/mol. The van der Waals surface area contributed by atoms with E-state index in [9.17, 15) is 14.4 Å². The van der Waals surface area contributed by atoms with Crippen molar-refractivity contribution in [3.8, 4) is 11.5 Å². The summed E-state index contributed by atoms with van der Waals surface area (Å²) in [4.78, 5) is 49.5. The van der Waals surface area contributed by atoms with Gasteiger partial charge in [-0.3, -0.25) is 24.3 Å². The molecule has 4 rings (SSSR count). The zero-order valence-corrected chi connectivity index (χ0v) is 18.2. The summed E-state index contributed by atoms with van der Waals surface area (Å²) in [6, 6.07) is 8.48. The van der Waals surface area contributed by atoms with Crippen LogP contribution < -0.4 is 5.32 Å². The number of aromatic nitrogens is 2. The molecule has 162 valence electrons. The highest BCUT2D eigenvalue weighted by Crippen LogP contribution is 2.33. The number of rotatable bonds is 6. The average molecular weight is 462 g/mol. The first-order chi connectivity index (χ1) is 14.5. The van der Waals surface area contributed by atoms with E-state index in [1.165, 1.54) is 6.26 Å². The Hall–Kier alpha value is -3.08. The molecule has 0 aromatic carbocycles. The van der Waals surface area contributed by atoms with Gasteiger partial charge in [-0.25, -0.2) is 4.98 Å². The lowest BCUT2D eigenvalue weighted by atomic mass is 10.1. The Morgan fingerprint density at radius 3 is 2.74 bits per heavy atom. The second-order valence-corrected chi connectivity index (χ2v) is 7.79. The molecule has 0 bridgehead atoms. The lowest BCUT2D eigenvalue weighted by Gasteiger charge is -2.31. The van der Waals surface area contributed by atoms with Gasteiger partial charge in [0.15, 0.2) is 10.9 Å². The Kier molecular flexibility index (Phi) is 7.16. The van der Waals surface area contributed by atoms with E-state index in [4.69, 9.17) is 4.42 Å². The largest absolute Gasteiger partial charge is 0.463 e. The number of furan rings is 1. The van der Waals surface area contributed by atoms with Gasteiger partial charge in [0.1, 0.15) is 16.3 Å². The van der Waals surface area contributed by atoms with E-state index in [1.54, 1.807) is 53.4 Å². The van der Waals surface area contributed by atoms with Crippen molar-refractivity contribution in [3.63, 3.8) is 0 Å². The van der Waals surface area contributed by atoms with Crippen LogP contribution in [0.15, 0.2) is 47.2 Å². The zero-order chi connectivity index (χ0) is 21.1. The van der Waals surface area contributed by atoms with Crippen LogP contribution >= 0.6 is 23.7 Å². The van der Waals surface area contributed by atoms with E-state index in [-0.39, 0.29) is 53.9 Å². The summed E-state index contributed by atoms with van der Waals surface area (Å²) < 4.78 is 5.42. The topological polar surface area (TPSA) is 109 Å². The van der Waals surface area contributed by atoms with Crippen LogP contribution in [0.3, 0.4) is 0 Å². The van der Waals surface area contributed by atoms with Crippen LogP contribution in [0.4, 0.5) is 5.13 Å². The number of nitrogens with one attached hydrogen (secondary N) is 1. The summed E-state index contributed by atoms with van der Waals surface area (Å²) in [6.45, 7) is 1.46. The normalized spacial score (nSPS) is 14.2. The first-order valence-electron chi connectivity index (χ1n) is 9.28. The van der Waals surface area contributed by atoms with Crippen LogP contribution in [0.2, 0.25) is 0 Å². The van der Waals surface area contributed by atoms with Crippen molar-refractivity contribution < 1.29 is 18.8 Å². The fourth-order valence-corrected chi connectivity index (χ4v) is 3.96. The van der Waals surface area contributed by atoms with Gasteiger partial charge in [0.2, 0.25) is 17.6 Å². The molecule has 1 N–H and O–H groups in total. The molecular weight excluding hydrogens is 442 g/mol. The highest BCUT2D eigenvalue weighted by Gasteiger charge is 2.26. The van der Waals surface area contributed by atoms with Crippen molar-refractivity contribution in [3.05, 3.63) is 53.4 Å². The summed E-state index contributed by atoms with van der Waals surface area (Å²) in [7, 11) is 1.74. The molecule has 0 atom stereocenters. The summed E-state index contributed by atoms with van der Waals surface area (Å²) in [6.07, 6.45) is 3.03. The van der Waals surface area contributed by atoms with Gasteiger partial charge in [0.05, 0.1) is 19.4 Å². The molecule has 0 spiro atoms. The Balaban J connectivity index is 0.00000272. The third kappa shape index (κ3) is 5.16. The molecule has 11 heteroatoms. The first-order valence-corrected chi connectivity index (χ1v) is 10.1. The number of hydrogen-bond acceptors (Lipinski definition) is 8. The van der Waals surface area contributed by atoms with Gasteiger partial charge in [0.25, 0.3) is 0 Å². The summed E-state index contributed by atoms with van der Waals surface area (Å²) in [5.41, 5.74) is 0.633. The molecule has 1 aliphatic rings. The average Bonchev–Trinajstić information content (AvgIpc) is 3.40. The van der Waals surface area contributed by atoms with E-state index in [0.717, 1.165) is 11.3 Å². The van der Waals surface area contributed by atoms with Gasteiger partial charge >= 0.3 is 0 Å². The van der Waals surface area contributed by atoms with Gasteiger partial charge in [-0.15, -0.1) is 12.4 Å². The van der Waals surface area contributed by atoms with Crippen LogP contribution in [0.5, 0.6) is 0 Å². The van der Waals surface area contributed by atoms with Crippen molar-refractivity contribution >= 4 is 46.5 Å². The molecule has 0 unspecified atom stereocenters. The quantitative estimate of drug-likeness (QED) is 0.560. The third-order valence-corrected chi connectivity index (χ3v) is 5.60. The lowest BCUT2D eigenvalue weighted by molar-refractivity contribution is -0.135. The smallest absolute Gasteiger partial charge is 0.240 e. The molecule has 0 aliphatic carbocycles. The van der Waals surface area contributed by atoms with Crippen molar-refractivity contribution in [2.24, 2.45) is 0 Å². The molecule has 3 aromatic rings. The predicted octanol–water partition coefficient (Wildman–Crippen LogP) is 2.16. The molecular formula is C20H20ClN5O4S. The van der Waals surface area contributed by atoms with Crippen molar-refractivity contribution in [2.75, 3.05) is 38.5 Å². The van der Waals surface area contributed by atoms with E-state index in [0.29, 0.717) is 29.4 Å². The van der Waals surface area contributed by atoms with Crippen molar-refractivity contribution in [1.29, 1.82) is 0 Å². The maximum absolute atomic E-state index is 12.9. The highest BCUT2D eigenvalue weighted by molar-refractivity contribution is 7.18. The third-order valence-electron chi connectivity index (χ3n) is 4.64.